The lowest BCUT2D eigenvalue weighted by Gasteiger charge is -2.35. The molecule has 0 bridgehead atoms. The molecule has 122 valence electrons. The lowest BCUT2D eigenvalue weighted by atomic mass is 9.86. The number of nitrogens with two attached hydrogens (primary N) is 1. The molecule has 1 atom stereocenters. The zero-order chi connectivity index (χ0) is 16.3. The van der Waals surface area contributed by atoms with Gasteiger partial charge in [0.2, 0.25) is 0 Å². The van der Waals surface area contributed by atoms with Crippen LogP contribution >= 0.6 is 0 Å². The molecule has 5 heteroatoms. The molecule has 0 saturated carbocycles. The maximum absolute atomic E-state index is 13.0. The van der Waals surface area contributed by atoms with Crippen molar-refractivity contribution in [2.24, 2.45) is 11.7 Å². The quantitative estimate of drug-likeness (QED) is 0.910. The summed E-state index contributed by atoms with van der Waals surface area (Å²) >= 11 is 0. The number of halogens is 1. The van der Waals surface area contributed by atoms with Crippen molar-refractivity contribution in [2.75, 3.05) is 13.1 Å². The van der Waals surface area contributed by atoms with Crippen LogP contribution in [0, 0.1) is 11.7 Å². The van der Waals surface area contributed by atoms with Crippen molar-refractivity contribution < 1.29 is 13.9 Å². The molecule has 1 aliphatic rings. The van der Waals surface area contributed by atoms with Gasteiger partial charge in [-0.25, -0.2) is 9.18 Å². The van der Waals surface area contributed by atoms with E-state index in [-0.39, 0.29) is 18.0 Å². The smallest absolute Gasteiger partial charge is 0.410 e. The van der Waals surface area contributed by atoms with Gasteiger partial charge in [-0.15, -0.1) is 0 Å². The highest BCUT2D eigenvalue weighted by atomic mass is 19.1. The van der Waals surface area contributed by atoms with Crippen molar-refractivity contribution in [1.82, 2.24) is 4.90 Å². The first-order valence-electron chi connectivity index (χ1n) is 7.75. The van der Waals surface area contributed by atoms with Gasteiger partial charge in [0.25, 0.3) is 0 Å². The summed E-state index contributed by atoms with van der Waals surface area (Å²) < 4.78 is 18.4. The number of hydrogen-bond donors (Lipinski definition) is 1. The second kappa shape index (κ2) is 6.65. The fourth-order valence-corrected chi connectivity index (χ4v) is 2.72. The van der Waals surface area contributed by atoms with Crippen LogP contribution in [0.4, 0.5) is 9.18 Å². The van der Waals surface area contributed by atoms with Crippen LogP contribution in [0.1, 0.15) is 45.2 Å². The Balaban J connectivity index is 1.89. The summed E-state index contributed by atoms with van der Waals surface area (Å²) in [5.74, 6) is 0.0415. The highest BCUT2D eigenvalue weighted by Crippen LogP contribution is 2.29. The minimum absolute atomic E-state index is 0.124. The third-order valence-corrected chi connectivity index (χ3v) is 3.95. The van der Waals surface area contributed by atoms with E-state index in [2.05, 4.69) is 0 Å². The van der Waals surface area contributed by atoms with E-state index in [1.54, 1.807) is 17.0 Å². The van der Waals surface area contributed by atoms with E-state index in [0.29, 0.717) is 19.0 Å². The number of nitrogens with zero attached hydrogens (tertiary/aromatic N) is 1. The molecule has 0 aromatic heterocycles. The third-order valence-electron chi connectivity index (χ3n) is 3.95. The molecule has 22 heavy (non-hydrogen) atoms. The van der Waals surface area contributed by atoms with Crippen molar-refractivity contribution in [2.45, 2.75) is 45.3 Å². The van der Waals surface area contributed by atoms with E-state index in [1.165, 1.54) is 12.1 Å². The molecule has 1 fully saturated rings. The van der Waals surface area contributed by atoms with Gasteiger partial charge in [0, 0.05) is 19.1 Å². The van der Waals surface area contributed by atoms with Crippen molar-refractivity contribution in [3.63, 3.8) is 0 Å². The predicted octanol–water partition coefficient (Wildman–Crippen LogP) is 3.47. The molecule has 4 nitrogen and oxygen atoms in total. The van der Waals surface area contributed by atoms with Gasteiger partial charge < -0.3 is 15.4 Å². The number of rotatable bonds is 2. The number of ether oxygens (including phenoxy) is 1. The largest absolute Gasteiger partial charge is 0.444 e. The molecule has 2 rings (SSSR count). The van der Waals surface area contributed by atoms with E-state index in [9.17, 15) is 9.18 Å². The van der Waals surface area contributed by atoms with Crippen LogP contribution in [0.15, 0.2) is 24.3 Å². The minimum Gasteiger partial charge on any atom is -0.444 e. The zero-order valence-electron chi connectivity index (χ0n) is 13.5. The highest BCUT2D eigenvalue weighted by molar-refractivity contribution is 5.68. The maximum atomic E-state index is 13.0. The standard InChI is InChI=1S/C17H25FN2O2/c1-17(2,3)22-16(21)20-10-8-13(9-11-20)15(19)12-4-6-14(18)7-5-12/h4-7,13,15H,8-11,19H2,1-3H3/t15-/m1/s1. The average Bonchev–Trinajstić information content (AvgIpc) is 2.46. The van der Waals surface area contributed by atoms with Crippen LogP contribution in [0.5, 0.6) is 0 Å². The van der Waals surface area contributed by atoms with Gasteiger partial charge in [-0.3, -0.25) is 0 Å². The normalized spacial score (nSPS) is 18.1. The second-order valence-corrected chi connectivity index (χ2v) is 6.88. The molecule has 1 heterocycles. The van der Waals surface area contributed by atoms with E-state index in [0.717, 1.165) is 18.4 Å². The molecule has 2 N–H and O–H groups in total. The summed E-state index contributed by atoms with van der Waals surface area (Å²) in [5, 5.41) is 0. The highest BCUT2D eigenvalue weighted by Gasteiger charge is 2.29. The lowest BCUT2D eigenvalue weighted by Crippen LogP contribution is -2.43. The summed E-state index contributed by atoms with van der Waals surface area (Å²) in [6.07, 6.45) is 1.40. The first-order valence-corrected chi connectivity index (χ1v) is 7.75. The number of carbonyl (C=O) groups excluding carboxylic acids is 1. The first kappa shape index (κ1) is 16.7. The monoisotopic (exact) mass is 308 g/mol. The van der Waals surface area contributed by atoms with Gasteiger partial charge in [-0.2, -0.15) is 0 Å². The van der Waals surface area contributed by atoms with E-state index < -0.39 is 5.60 Å². The van der Waals surface area contributed by atoms with Crippen LogP contribution in [-0.4, -0.2) is 29.7 Å². The Hall–Kier alpha value is -1.62. The second-order valence-electron chi connectivity index (χ2n) is 6.88. The maximum Gasteiger partial charge on any atom is 0.410 e. The summed E-state index contributed by atoms with van der Waals surface area (Å²) in [5.41, 5.74) is 6.75. The minimum atomic E-state index is -0.474. The topological polar surface area (TPSA) is 55.6 Å². The third kappa shape index (κ3) is 4.44. The molecular formula is C17H25FN2O2. The number of benzene rings is 1. The number of hydrogen-bond acceptors (Lipinski definition) is 3. The SMILES string of the molecule is CC(C)(C)OC(=O)N1CCC([C@H](N)c2ccc(F)cc2)CC1. The summed E-state index contributed by atoms with van der Waals surface area (Å²) in [4.78, 5) is 13.8. The van der Waals surface area contributed by atoms with Crippen LogP contribution in [0.3, 0.4) is 0 Å². The average molecular weight is 308 g/mol. The van der Waals surface area contributed by atoms with Crippen LogP contribution < -0.4 is 5.73 Å². The van der Waals surface area contributed by atoms with Crippen LogP contribution in [0.2, 0.25) is 0 Å². The molecule has 0 spiro atoms. The zero-order valence-corrected chi connectivity index (χ0v) is 13.5. The molecule has 1 amide bonds. The van der Waals surface area contributed by atoms with Crippen molar-refractivity contribution in [3.8, 4) is 0 Å². The fourth-order valence-electron chi connectivity index (χ4n) is 2.72. The first-order chi connectivity index (χ1) is 10.3. The van der Waals surface area contributed by atoms with Gasteiger partial charge in [-0.05, 0) is 57.2 Å². The molecule has 0 radical (unpaired) electrons. The predicted molar refractivity (Wildman–Crippen MR) is 83.9 cm³/mol. The molecule has 1 aromatic carbocycles. The van der Waals surface area contributed by atoms with Gasteiger partial charge in [0.1, 0.15) is 11.4 Å². The van der Waals surface area contributed by atoms with Crippen LogP contribution in [-0.2, 0) is 4.74 Å². The lowest BCUT2D eigenvalue weighted by molar-refractivity contribution is 0.0174. The Labute approximate surface area is 131 Å². The van der Waals surface area contributed by atoms with Crippen molar-refractivity contribution in [3.05, 3.63) is 35.6 Å². The molecular weight excluding hydrogens is 283 g/mol. The molecule has 0 unspecified atom stereocenters. The summed E-state index contributed by atoms with van der Waals surface area (Å²) in [7, 11) is 0. The molecule has 1 saturated heterocycles. The fraction of sp³-hybridized carbons (Fsp3) is 0.588. The number of amides is 1. The van der Waals surface area contributed by atoms with E-state index in [4.69, 9.17) is 10.5 Å². The number of piperidine rings is 1. The van der Waals surface area contributed by atoms with Gasteiger partial charge in [0.05, 0.1) is 0 Å². The van der Waals surface area contributed by atoms with Crippen LogP contribution in [0.25, 0.3) is 0 Å². The summed E-state index contributed by atoms with van der Waals surface area (Å²) in [6.45, 7) is 6.88. The molecule has 1 aliphatic heterocycles. The molecule has 0 aliphatic carbocycles. The van der Waals surface area contributed by atoms with Gasteiger partial charge in [-0.1, -0.05) is 12.1 Å². The number of likely N-dealkylation sites (tertiary alicyclic amines) is 1. The number of carbonyl (C=O) groups is 1. The Kier molecular flexibility index (Phi) is 5.06. The van der Waals surface area contributed by atoms with E-state index >= 15 is 0 Å². The van der Waals surface area contributed by atoms with Crippen molar-refractivity contribution >= 4 is 6.09 Å². The van der Waals surface area contributed by atoms with E-state index in [1.807, 2.05) is 20.8 Å². The Morgan fingerprint density at radius 2 is 1.82 bits per heavy atom. The van der Waals surface area contributed by atoms with Gasteiger partial charge >= 0.3 is 6.09 Å². The van der Waals surface area contributed by atoms with Gasteiger partial charge in [0.15, 0.2) is 0 Å². The summed E-state index contributed by atoms with van der Waals surface area (Å²) in [6, 6.07) is 6.22. The Bertz CT molecular complexity index is 502. The Morgan fingerprint density at radius 3 is 2.32 bits per heavy atom. The van der Waals surface area contributed by atoms with Crippen molar-refractivity contribution in [1.29, 1.82) is 0 Å². The Morgan fingerprint density at radius 1 is 1.27 bits per heavy atom. The molecule has 1 aromatic rings.